The van der Waals surface area contributed by atoms with Gasteiger partial charge >= 0.3 is 0 Å². The lowest BCUT2D eigenvalue weighted by Gasteiger charge is -2.35. The van der Waals surface area contributed by atoms with Crippen LogP contribution in [0, 0.1) is 17.1 Å². The minimum absolute atomic E-state index is 0.154. The van der Waals surface area contributed by atoms with Crippen molar-refractivity contribution < 1.29 is 18.6 Å². The smallest absolute Gasteiger partial charge is 0.165 e. The Hall–Kier alpha value is -4.62. The molecule has 1 aromatic heterocycles. The molecule has 5 rings (SSSR count). The molecule has 10 heteroatoms. The fourth-order valence-electron chi connectivity index (χ4n) is 5.03. The summed E-state index contributed by atoms with van der Waals surface area (Å²) in [7, 11) is 7.21. The molecule has 1 saturated heterocycles. The van der Waals surface area contributed by atoms with Crippen LogP contribution in [0.3, 0.4) is 0 Å². The first-order valence-electron chi connectivity index (χ1n) is 13.4. The Morgan fingerprint density at radius 1 is 1.02 bits per heavy atom. The van der Waals surface area contributed by atoms with Crippen molar-refractivity contribution in [3.8, 4) is 23.3 Å². The van der Waals surface area contributed by atoms with E-state index in [9.17, 15) is 9.65 Å². The van der Waals surface area contributed by atoms with Gasteiger partial charge in [0.2, 0.25) is 0 Å². The van der Waals surface area contributed by atoms with Crippen LogP contribution in [0.2, 0.25) is 0 Å². The first kappa shape index (κ1) is 27.9. The molecule has 0 aliphatic carbocycles. The number of nitrogens with zero attached hydrogens (tertiary/aromatic N) is 5. The van der Waals surface area contributed by atoms with E-state index < -0.39 is 5.82 Å². The average Bonchev–Trinajstić information content (AvgIpc) is 3.00. The number of halogens is 1. The molecule has 4 aromatic rings. The van der Waals surface area contributed by atoms with Gasteiger partial charge in [-0.15, -0.1) is 0 Å². The van der Waals surface area contributed by atoms with E-state index in [-0.39, 0.29) is 12.4 Å². The number of piperidine rings is 1. The molecule has 1 N–H and O–H groups in total. The van der Waals surface area contributed by atoms with Crippen LogP contribution in [-0.2, 0) is 6.61 Å². The van der Waals surface area contributed by atoms with Gasteiger partial charge in [-0.3, -0.25) is 4.98 Å². The van der Waals surface area contributed by atoms with Crippen LogP contribution < -0.4 is 24.4 Å². The zero-order chi connectivity index (χ0) is 28.9. The lowest BCUT2D eigenvalue weighted by atomic mass is 10.0. The highest BCUT2D eigenvalue weighted by Crippen LogP contribution is 2.34. The maximum atomic E-state index is 14.0. The number of fused-ring (bicyclic) bond motifs is 1. The summed E-state index contributed by atoms with van der Waals surface area (Å²) >= 11 is 0. The summed E-state index contributed by atoms with van der Waals surface area (Å²) in [5.74, 6) is 1.50. The van der Waals surface area contributed by atoms with Crippen LogP contribution in [0.15, 0.2) is 54.7 Å². The molecule has 0 radical (unpaired) electrons. The number of nitrogens with one attached hydrogen (secondary N) is 1. The quantitative estimate of drug-likeness (QED) is 0.286. The fourth-order valence-corrected chi connectivity index (χ4v) is 5.03. The van der Waals surface area contributed by atoms with E-state index in [0.29, 0.717) is 51.1 Å². The van der Waals surface area contributed by atoms with Gasteiger partial charge in [-0.05, 0) is 68.9 Å². The van der Waals surface area contributed by atoms with Gasteiger partial charge in [-0.25, -0.2) is 9.37 Å². The number of ether oxygens (including phenoxy) is 3. The van der Waals surface area contributed by atoms with Gasteiger partial charge < -0.3 is 29.3 Å². The Kier molecular flexibility index (Phi) is 8.36. The molecule has 9 nitrogen and oxygen atoms in total. The monoisotopic (exact) mass is 556 g/mol. The predicted octanol–water partition coefficient (Wildman–Crippen LogP) is 5.51. The second-order valence-corrected chi connectivity index (χ2v) is 10.1. The Morgan fingerprint density at radius 3 is 2.46 bits per heavy atom. The molecule has 0 unspecified atom stereocenters. The molecule has 1 aliphatic rings. The topological polar surface area (TPSA) is 95.8 Å². The molecule has 0 saturated carbocycles. The molecule has 212 valence electrons. The second-order valence-electron chi connectivity index (χ2n) is 10.1. The van der Waals surface area contributed by atoms with Crippen molar-refractivity contribution >= 4 is 28.2 Å². The summed E-state index contributed by atoms with van der Waals surface area (Å²) in [6.45, 7) is 1.94. The largest absolute Gasteiger partial charge is 0.494 e. The summed E-state index contributed by atoms with van der Waals surface area (Å²) in [4.78, 5) is 14.0. The summed E-state index contributed by atoms with van der Waals surface area (Å²) in [6, 6.07) is 16.6. The summed E-state index contributed by atoms with van der Waals surface area (Å²) in [6.07, 6.45) is 3.90. The zero-order valence-corrected chi connectivity index (χ0v) is 23.6. The Bertz CT molecular complexity index is 1580. The van der Waals surface area contributed by atoms with Crippen molar-refractivity contribution in [2.45, 2.75) is 25.5 Å². The van der Waals surface area contributed by atoms with Gasteiger partial charge in [0.15, 0.2) is 23.1 Å². The molecule has 3 aromatic carbocycles. The van der Waals surface area contributed by atoms with Crippen molar-refractivity contribution in [1.29, 1.82) is 5.26 Å². The third-order valence-electron chi connectivity index (χ3n) is 7.39. The highest BCUT2D eigenvalue weighted by atomic mass is 19.1. The van der Waals surface area contributed by atoms with Gasteiger partial charge in [0.25, 0.3) is 0 Å². The van der Waals surface area contributed by atoms with Gasteiger partial charge in [-0.2, -0.15) is 5.26 Å². The summed E-state index contributed by atoms with van der Waals surface area (Å²) < 4.78 is 30.5. The summed E-state index contributed by atoms with van der Waals surface area (Å²) in [5, 5.41) is 13.4. The van der Waals surface area contributed by atoms with E-state index in [2.05, 4.69) is 40.3 Å². The van der Waals surface area contributed by atoms with Crippen molar-refractivity contribution in [3.05, 3.63) is 71.7 Å². The minimum Gasteiger partial charge on any atom is -0.494 e. The molecule has 1 aliphatic heterocycles. The first-order valence-corrected chi connectivity index (χ1v) is 13.4. The van der Waals surface area contributed by atoms with Crippen LogP contribution in [0.4, 0.5) is 21.6 Å². The number of methoxy groups -OCH3 is 2. The Balaban J connectivity index is 1.34. The Labute approximate surface area is 239 Å². The van der Waals surface area contributed by atoms with Crippen molar-refractivity contribution in [2.75, 3.05) is 51.6 Å². The third-order valence-corrected chi connectivity index (χ3v) is 7.39. The number of nitriles is 1. The molecular formula is C31H33FN6O3. The van der Waals surface area contributed by atoms with Crippen molar-refractivity contribution in [2.24, 2.45) is 0 Å². The highest BCUT2D eigenvalue weighted by Gasteiger charge is 2.22. The zero-order valence-electron chi connectivity index (χ0n) is 23.6. The van der Waals surface area contributed by atoms with E-state index in [0.717, 1.165) is 31.7 Å². The van der Waals surface area contributed by atoms with Crippen LogP contribution in [-0.4, -0.2) is 62.3 Å². The van der Waals surface area contributed by atoms with Crippen LogP contribution in [0.1, 0.15) is 24.0 Å². The molecule has 41 heavy (non-hydrogen) atoms. The van der Waals surface area contributed by atoms with Crippen LogP contribution in [0.25, 0.3) is 11.0 Å². The van der Waals surface area contributed by atoms with Gasteiger partial charge in [0.1, 0.15) is 29.6 Å². The minimum atomic E-state index is -0.450. The number of hydrogen-bond acceptors (Lipinski definition) is 9. The molecule has 0 atom stereocenters. The van der Waals surface area contributed by atoms with Gasteiger partial charge in [0.05, 0.1) is 31.6 Å². The van der Waals surface area contributed by atoms with Crippen LogP contribution >= 0.6 is 0 Å². The van der Waals surface area contributed by atoms with Gasteiger partial charge in [0, 0.05) is 30.9 Å². The SMILES string of the molecule is COc1ccc(COc2ccc(Nc3ccc4ncc(N5CCC(N(C)C)CC5)nc4c3C#N)cc2OC)cc1F. The van der Waals surface area contributed by atoms with Crippen LogP contribution in [0.5, 0.6) is 17.2 Å². The van der Waals surface area contributed by atoms with E-state index in [1.165, 1.54) is 13.2 Å². The maximum absolute atomic E-state index is 14.0. The normalized spacial score (nSPS) is 13.7. The predicted molar refractivity (Wildman–Crippen MR) is 157 cm³/mol. The summed E-state index contributed by atoms with van der Waals surface area (Å²) in [5.41, 5.74) is 3.61. The first-order chi connectivity index (χ1) is 19.9. The highest BCUT2D eigenvalue weighted by molar-refractivity contribution is 5.89. The second kappa shape index (κ2) is 12.3. The molecule has 2 heterocycles. The standard InChI is InChI=1S/C31H33FN6O3/c1-37(2)22-11-13-38(14-12-22)30-18-34-26-8-7-25(23(17-33)31(26)36-30)35-21-6-10-28(29(16-21)40-4)41-19-20-5-9-27(39-3)24(32)15-20/h5-10,15-16,18,22,35H,11-14,19H2,1-4H3. The fraction of sp³-hybridized carbons (Fsp3) is 0.323. The maximum Gasteiger partial charge on any atom is 0.165 e. The molecule has 0 bridgehead atoms. The van der Waals surface area contributed by atoms with E-state index in [4.69, 9.17) is 19.2 Å². The number of aromatic nitrogens is 2. The average molecular weight is 557 g/mol. The molecule has 1 fully saturated rings. The van der Waals surface area contributed by atoms with E-state index >= 15 is 0 Å². The van der Waals surface area contributed by atoms with E-state index in [1.807, 2.05) is 18.2 Å². The van der Waals surface area contributed by atoms with E-state index in [1.54, 1.807) is 37.6 Å². The third kappa shape index (κ3) is 6.10. The lowest BCUT2D eigenvalue weighted by Crippen LogP contribution is -2.42. The van der Waals surface area contributed by atoms with Crippen molar-refractivity contribution in [1.82, 2.24) is 14.9 Å². The number of hydrogen-bond donors (Lipinski definition) is 1. The molecule has 0 amide bonds. The number of benzene rings is 3. The Morgan fingerprint density at radius 2 is 1.78 bits per heavy atom. The molecular weight excluding hydrogens is 523 g/mol. The number of rotatable bonds is 9. The number of anilines is 3. The molecule has 0 spiro atoms. The lowest BCUT2D eigenvalue weighted by molar-refractivity contribution is 0.249. The van der Waals surface area contributed by atoms with Gasteiger partial charge in [-0.1, -0.05) is 6.07 Å². The van der Waals surface area contributed by atoms with Crippen molar-refractivity contribution in [3.63, 3.8) is 0 Å².